The molecule has 2 N–H and O–H groups in total. The number of primary amides is 1. The molecule has 0 saturated carbocycles. The molecular weight excluding hydrogens is 226 g/mol. The Labute approximate surface area is 112 Å². The summed E-state index contributed by atoms with van der Waals surface area (Å²) in [5.74, 6) is -0.358. The van der Waals surface area contributed by atoms with Crippen molar-refractivity contribution in [3.8, 4) is 0 Å². The predicted octanol–water partition coefficient (Wildman–Crippen LogP) is 3.65. The van der Waals surface area contributed by atoms with Gasteiger partial charge < -0.3 is 10.5 Å². The van der Waals surface area contributed by atoms with Gasteiger partial charge in [0.25, 0.3) is 0 Å². The van der Waals surface area contributed by atoms with Crippen molar-refractivity contribution in [3.05, 3.63) is 0 Å². The van der Waals surface area contributed by atoms with Crippen LogP contribution < -0.4 is 5.73 Å². The predicted molar refractivity (Wildman–Crippen MR) is 76.4 cm³/mol. The highest BCUT2D eigenvalue weighted by molar-refractivity contribution is 5.76. The first-order valence-corrected chi connectivity index (χ1v) is 7.30. The Morgan fingerprint density at radius 2 is 1.67 bits per heavy atom. The first-order valence-electron chi connectivity index (χ1n) is 7.30. The monoisotopic (exact) mass is 257 g/mol. The summed E-state index contributed by atoms with van der Waals surface area (Å²) < 4.78 is 5.65. The number of hydrogen-bond acceptors (Lipinski definition) is 2. The Hall–Kier alpha value is -0.570. The molecule has 0 heterocycles. The minimum absolute atomic E-state index is 0.129. The second-order valence-electron chi connectivity index (χ2n) is 6.08. The topological polar surface area (TPSA) is 52.3 Å². The van der Waals surface area contributed by atoms with Gasteiger partial charge in [-0.3, -0.25) is 4.79 Å². The first kappa shape index (κ1) is 17.4. The summed E-state index contributed by atoms with van der Waals surface area (Å²) in [5.41, 5.74) is 5.21. The van der Waals surface area contributed by atoms with Crippen molar-refractivity contribution in [1.29, 1.82) is 0 Å². The normalized spacial score (nSPS) is 13.6. The van der Waals surface area contributed by atoms with E-state index in [1.165, 1.54) is 32.1 Å². The number of hydrogen-bond donors (Lipinski definition) is 1. The molecule has 0 rings (SSSR count). The van der Waals surface area contributed by atoms with Gasteiger partial charge in [-0.25, -0.2) is 0 Å². The van der Waals surface area contributed by atoms with Gasteiger partial charge in [0.1, 0.15) is 0 Å². The summed E-state index contributed by atoms with van der Waals surface area (Å²) >= 11 is 0. The number of carbonyl (C=O) groups is 1. The van der Waals surface area contributed by atoms with Crippen molar-refractivity contribution in [2.45, 2.75) is 78.2 Å². The largest absolute Gasteiger partial charge is 0.375 e. The molecule has 0 aliphatic rings. The minimum atomic E-state index is -0.229. The maximum Gasteiger partial charge on any atom is 0.222 e. The molecule has 0 aliphatic heterocycles. The summed E-state index contributed by atoms with van der Waals surface area (Å²) in [5, 5.41) is 0. The third-order valence-corrected chi connectivity index (χ3v) is 3.03. The van der Waals surface area contributed by atoms with Crippen LogP contribution in [0.2, 0.25) is 0 Å². The molecule has 18 heavy (non-hydrogen) atoms. The van der Waals surface area contributed by atoms with E-state index in [1.54, 1.807) is 0 Å². The van der Waals surface area contributed by atoms with Crippen LogP contribution >= 0.6 is 0 Å². The Morgan fingerprint density at radius 1 is 1.11 bits per heavy atom. The fraction of sp³-hybridized carbons (Fsp3) is 0.933. The zero-order valence-electron chi connectivity index (χ0n) is 12.6. The van der Waals surface area contributed by atoms with E-state index in [1.807, 2.05) is 20.8 Å². The number of amides is 1. The van der Waals surface area contributed by atoms with Gasteiger partial charge in [0.15, 0.2) is 0 Å². The van der Waals surface area contributed by atoms with Gasteiger partial charge in [-0.1, -0.05) is 45.4 Å². The Balaban J connectivity index is 3.74. The molecule has 0 bridgehead atoms. The molecule has 0 radical (unpaired) electrons. The number of rotatable bonds is 10. The maximum absolute atomic E-state index is 11.3. The molecule has 3 heteroatoms. The average Bonchev–Trinajstić information content (AvgIpc) is 2.25. The summed E-state index contributed by atoms with van der Waals surface area (Å²) in [6, 6.07) is 0. The third kappa shape index (κ3) is 10.6. The molecule has 0 aliphatic carbocycles. The summed E-state index contributed by atoms with van der Waals surface area (Å²) in [7, 11) is 0. The van der Waals surface area contributed by atoms with E-state index in [0.717, 1.165) is 12.8 Å². The van der Waals surface area contributed by atoms with Crippen LogP contribution in [0.3, 0.4) is 0 Å². The summed E-state index contributed by atoms with van der Waals surface area (Å²) in [6.45, 7) is 8.65. The smallest absolute Gasteiger partial charge is 0.222 e. The molecule has 0 saturated heterocycles. The van der Waals surface area contributed by atoms with Crippen molar-refractivity contribution < 1.29 is 9.53 Å². The first-order chi connectivity index (χ1) is 8.37. The van der Waals surface area contributed by atoms with Crippen LogP contribution in [-0.2, 0) is 9.53 Å². The Morgan fingerprint density at radius 3 is 2.17 bits per heavy atom. The van der Waals surface area contributed by atoms with Crippen molar-refractivity contribution in [2.75, 3.05) is 6.61 Å². The number of nitrogens with two attached hydrogens (primary N) is 1. The molecule has 108 valence electrons. The van der Waals surface area contributed by atoms with Crippen LogP contribution in [0.4, 0.5) is 0 Å². The molecule has 0 aromatic carbocycles. The van der Waals surface area contributed by atoms with Crippen molar-refractivity contribution >= 4 is 5.91 Å². The molecule has 1 unspecified atom stereocenters. The van der Waals surface area contributed by atoms with Gasteiger partial charge in [-0.15, -0.1) is 0 Å². The zero-order valence-corrected chi connectivity index (χ0v) is 12.6. The van der Waals surface area contributed by atoms with Crippen LogP contribution in [0.5, 0.6) is 0 Å². The second kappa shape index (κ2) is 9.37. The highest BCUT2D eigenvalue weighted by Gasteiger charge is 2.19. The van der Waals surface area contributed by atoms with E-state index in [0.29, 0.717) is 6.61 Å². The fourth-order valence-electron chi connectivity index (χ4n) is 1.83. The third-order valence-electron chi connectivity index (χ3n) is 3.03. The lowest BCUT2D eigenvalue weighted by Crippen LogP contribution is -2.31. The summed E-state index contributed by atoms with van der Waals surface area (Å²) in [6.07, 6.45) is 8.27. The molecule has 1 amide bonds. The van der Waals surface area contributed by atoms with Crippen molar-refractivity contribution in [3.63, 3.8) is 0 Å². The quantitative estimate of drug-likeness (QED) is 0.607. The molecular formula is C15H31NO2. The lowest BCUT2D eigenvalue weighted by atomic mass is 10.00. The molecule has 0 spiro atoms. The average molecular weight is 257 g/mol. The standard InChI is InChI=1S/C15H31NO2/c1-5-6-7-8-9-10-11-13(14(16)17)12-18-15(2,3)4/h13H,5-12H2,1-4H3,(H2,16,17). The molecule has 0 aromatic rings. The Kier molecular flexibility index (Phi) is 9.08. The number of unbranched alkanes of at least 4 members (excludes halogenated alkanes) is 5. The van der Waals surface area contributed by atoms with E-state index in [2.05, 4.69) is 6.92 Å². The lowest BCUT2D eigenvalue weighted by Gasteiger charge is -2.23. The molecule has 0 aromatic heterocycles. The van der Waals surface area contributed by atoms with Crippen LogP contribution in [0.15, 0.2) is 0 Å². The molecule has 3 nitrogen and oxygen atoms in total. The highest BCUT2D eigenvalue weighted by atomic mass is 16.5. The van der Waals surface area contributed by atoms with Crippen LogP contribution in [0, 0.1) is 5.92 Å². The minimum Gasteiger partial charge on any atom is -0.375 e. The molecule has 0 fully saturated rings. The van der Waals surface area contributed by atoms with Gasteiger partial charge >= 0.3 is 0 Å². The maximum atomic E-state index is 11.3. The zero-order chi connectivity index (χ0) is 14.0. The van der Waals surface area contributed by atoms with E-state index in [4.69, 9.17) is 10.5 Å². The highest BCUT2D eigenvalue weighted by Crippen LogP contribution is 2.16. The van der Waals surface area contributed by atoms with E-state index in [9.17, 15) is 4.79 Å². The van der Waals surface area contributed by atoms with Crippen LogP contribution in [-0.4, -0.2) is 18.1 Å². The van der Waals surface area contributed by atoms with Crippen LogP contribution in [0.1, 0.15) is 72.6 Å². The van der Waals surface area contributed by atoms with E-state index >= 15 is 0 Å². The van der Waals surface area contributed by atoms with Crippen LogP contribution in [0.25, 0.3) is 0 Å². The Bertz CT molecular complexity index is 221. The summed E-state index contributed by atoms with van der Waals surface area (Å²) in [4.78, 5) is 11.3. The number of carbonyl (C=O) groups excluding carboxylic acids is 1. The van der Waals surface area contributed by atoms with E-state index < -0.39 is 0 Å². The van der Waals surface area contributed by atoms with Gasteiger partial charge in [-0.05, 0) is 27.2 Å². The second-order valence-corrected chi connectivity index (χ2v) is 6.08. The van der Waals surface area contributed by atoms with Crippen molar-refractivity contribution in [2.24, 2.45) is 11.7 Å². The van der Waals surface area contributed by atoms with Gasteiger partial charge in [0.05, 0.1) is 18.1 Å². The fourth-order valence-corrected chi connectivity index (χ4v) is 1.83. The van der Waals surface area contributed by atoms with Crippen molar-refractivity contribution in [1.82, 2.24) is 0 Å². The van der Waals surface area contributed by atoms with Gasteiger partial charge in [0.2, 0.25) is 5.91 Å². The van der Waals surface area contributed by atoms with Gasteiger partial charge in [0, 0.05) is 0 Å². The van der Waals surface area contributed by atoms with E-state index in [-0.39, 0.29) is 17.4 Å². The SMILES string of the molecule is CCCCCCCCC(COC(C)(C)C)C(N)=O. The molecule has 1 atom stereocenters. The lowest BCUT2D eigenvalue weighted by molar-refractivity contribution is -0.126. The number of ether oxygens (including phenoxy) is 1. The van der Waals surface area contributed by atoms with Gasteiger partial charge in [-0.2, -0.15) is 0 Å².